The molecular weight excluding hydrogens is 533 g/mol. The average Bonchev–Trinajstić information content (AvgIpc) is 3.15. The number of hydrogen-bond donors (Lipinski definition) is 2. The fourth-order valence-corrected chi connectivity index (χ4v) is 4.88. The molecule has 12 heteroatoms. The van der Waals surface area contributed by atoms with Gasteiger partial charge in [-0.3, -0.25) is 9.48 Å². The lowest BCUT2D eigenvalue weighted by Gasteiger charge is -2.34. The number of amides is 1. The van der Waals surface area contributed by atoms with E-state index in [1.54, 1.807) is 6.92 Å². The van der Waals surface area contributed by atoms with Crippen molar-refractivity contribution in [2.75, 3.05) is 6.54 Å². The summed E-state index contributed by atoms with van der Waals surface area (Å²) in [6, 6.07) is 3.84. The molecule has 1 aromatic heterocycles. The van der Waals surface area contributed by atoms with E-state index in [2.05, 4.69) is 22.1 Å². The fourth-order valence-electron chi connectivity index (χ4n) is 4.55. The summed E-state index contributed by atoms with van der Waals surface area (Å²) in [5.41, 5.74) is -3.01. The maximum absolute atomic E-state index is 13.4. The molecule has 1 saturated carbocycles. The Morgan fingerprint density at radius 1 is 1.29 bits per heavy atom. The molecule has 1 heterocycles. The van der Waals surface area contributed by atoms with Crippen molar-refractivity contribution in [1.82, 2.24) is 15.1 Å². The van der Waals surface area contributed by atoms with Crippen LogP contribution in [0.1, 0.15) is 69.4 Å². The van der Waals surface area contributed by atoms with Gasteiger partial charge < -0.3 is 15.2 Å². The molecule has 0 unspecified atom stereocenters. The Balaban J connectivity index is 1.93. The zero-order valence-corrected chi connectivity index (χ0v) is 22.5. The van der Waals surface area contributed by atoms with Crippen molar-refractivity contribution in [3.63, 3.8) is 0 Å². The number of aryl methyl sites for hydroxylation is 1. The van der Waals surface area contributed by atoms with E-state index in [1.165, 1.54) is 16.8 Å². The number of aromatic nitrogens is 2. The lowest BCUT2D eigenvalue weighted by atomic mass is 9.79. The van der Waals surface area contributed by atoms with Crippen LogP contribution in [0.4, 0.5) is 22.0 Å². The number of aliphatic hydroxyl groups is 1. The summed E-state index contributed by atoms with van der Waals surface area (Å²) in [5, 5.41) is 17.6. The SMILES string of the molecule is CCn1nc(C(=O)NCC2(O)CCC(C)CC2)c(Cl)c1-c1ccc(CC(C)(C)C(F)(F)F)cc1OC(F)F. The maximum atomic E-state index is 13.4. The highest BCUT2D eigenvalue weighted by Crippen LogP contribution is 2.43. The molecule has 0 aliphatic heterocycles. The molecule has 1 aromatic carbocycles. The van der Waals surface area contributed by atoms with Gasteiger partial charge in [-0.05, 0) is 62.6 Å². The third-order valence-corrected chi connectivity index (χ3v) is 7.48. The second-order valence-corrected chi connectivity index (χ2v) is 11.1. The molecule has 0 bridgehead atoms. The van der Waals surface area contributed by atoms with Gasteiger partial charge in [-0.2, -0.15) is 27.1 Å². The van der Waals surface area contributed by atoms with Crippen molar-refractivity contribution >= 4 is 17.5 Å². The topological polar surface area (TPSA) is 76.4 Å². The number of nitrogens with zero attached hydrogens (tertiary/aromatic N) is 2. The predicted octanol–water partition coefficient (Wildman–Crippen LogP) is 6.63. The van der Waals surface area contributed by atoms with Crippen LogP contribution in [0.15, 0.2) is 18.2 Å². The Labute approximate surface area is 223 Å². The number of rotatable bonds is 9. The van der Waals surface area contributed by atoms with Gasteiger partial charge in [0.25, 0.3) is 5.91 Å². The summed E-state index contributed by atoms with van der Waals surface area (Å²) in [7, 11) is 0. The van der Waals surface area contributed by atoms with Gasteiger partial charge in [0.1, 0.15) is 5.75 Å². The molecule has 1 aliphatic rings. The number of ether oxygens (including phenoxy) is 1. The first-order valence-electron chi connectivity index (χ1n) is 12.5. The molecule has 2 N–H and O–H groups in total. The van der Waals surface area contributed by atoms with Crippen LogP contribution in [0.3, 0.4) is 0 Å². The Kier molecular flexibility index (Phi) is 9.02. The first-order chi connectivity index (χ1) is 17.6. The largest absolute Gasteiger partial charge is 0.434 e. The van der Waals surface area contributed by atoms with Gasteiger partial charge in [0.15, 0.2) is 5.69 Å². The molecule has 0 radical (unpaired) electrons. The van der Waals surface area contributed by atoms with Crippen LogP contribution in [-0.2, 0) is 13.0 Å². The van der Waals surface area contributed by atoms with Crippen molar-refractivity contribution in [3.05, 3.63) is 34.5 Å². The van der Waals surface area contributed by atoms with Gasteiger partial charge in [0, 0.05) is 18.7 Å². The molecule has 2 aromatic rings. The number of benzene rings is 1. The van der Waals surface area contributed by atoms with E-state index in [9.17, 15) is 31.9 Å². The molecule has 1 aliphatic carbocycles. The zero-order valence-electron chi connectivity index (χ0n) is 21.8. The van der Waals surface area contributed by atoms with Crippen molar-refractivity contribution in [3.8, 4) is 17.0 Å². The number of carbonyl (C=O) groups is 1. The molecule has 1 fully saturated rings. The van der Waals surface area contributed by atoms with Crippen LogP contribution < -0.4 is 10.1 Å². The van der Waals surface area contributed by atoms with E-state index in [0.717, 1.165) is 32.8 Å². The van der Waals surface area contributed by atoms with Gasteiger partial charge in [-0.15, -0.1) is 0 Å². The standard InChI is InChI=1S/C26H33ClF5N3O3/c1-5-35-21(19(27)20(34-35)22(36)33-14-25(37)10-8-15(2)9-11-25)17-7-6-16(12-18(17)38-23(28)29)13-24(3,4)26(30,31)32/h6-7,12,15,23,37H,5,8-11,13-14H2,1-4H3,(H,33,36). The van der Waals surface area contributed by atoms with E-state index in [0.29, 0.717) is 18.8 Å². The summed E-state index contributed by atoms with van der Waals surface area (Å²) >= 11 is 6.53. The number of nitrogens with one attached hydrogen (secondary N) is 1. The normalized spacial score (nSPS) is 20.6. The summed E-state index contributed by atoms with van der Waals surface area (Å²) in [4.78, 5) is 13.0. The highest BCUT2D eigenvalue weighted by atomic mass is 35.5. The van der Waals surface area contributed by atoms with Gasteiger partial charge in [-0.25, -0.2) is 0 Å². The maximum Gasteiger partial charge on any atom is 0.394 e. The van der Waals surface area contributed by atoms with E-state index >= 15 is 0 Å². The first-order valence-corrected chi connectivity index (χ1v) is 12.9. The molecule has 0 atom stereocenters. The van der Waals surface area contributed by atoms with Gasteiger partial charge >= 0.3 is 12.8 Å². The van der Waals surface area contributed by atoms with E-state index < -0.39 is 36.1 Å². The lowest BCUT2D eigenvalue weighted by Crippen LogP contribution is -2.45. The van der Waals surface area contributed by atoms with Gasteiger partial charge in [0.05, 0.1) is 21.7 Å². The third kappa shape index (κ3) is 6.77. The van der Waals surface area contributed by atoms with Crippen LogP contribution in [0.5, 0.6) is 5.75 Å². The van der Waals surface area contributed by atoms with Crippen molar-refractivity contribution in [1.29, 1.82) is 0 Å². The molecular formula is C26H33ClF5N3O3. The molecule has 0 saturated heterocycles. The quantitative estimate of drug-likeness (QED) is 0.335. The second kappa shape index (κ2) is 11.4. The van der Waals surface area contributed by atoms with Crippen LogP contribution in [0.25, 0.3) is 11.3 Å². The Bertz CT molecular complexity index is 1140. The van der Waals surface area contributed by atoms with Crippen LogP contribution in [-0.4, -0.2) is 45.7 Å². The second-order valence-electron chi connectivity index (χ2n) is 10.7. The van der Waals surface area contributed by atoms with E-state index in [1.807, 2.05) is 0 Å². The van der Waals surface area contributed by atoms with Crippen LogP contribution in [0, 0.1) is 11.3 Å². The summed E-state index contributed by atoms with van der Waals surface area (Å²) < 4.78 is 72.7. The number of hydrogen-bond acceptors (Lipinski definition) is 4. The minimum absolute atomic E-state index is 0.00658. The summed E-state index contributed by atoms with van der Waals surface area (Å²) in [5.74, 6) is -0.529. The monoisotopic (exact) mass is 565 g/mol. The number of halogens is 6. The molecule has 0 spiro atoms. The highest BCUT2D eigenvalue weighted by molar-refractivity contribution is 6.36. The fraction of sp³-hybridized carbons (Fsp3) is 0.615. The summed E-state index contributed by atoms with van der Waals surface area (Å²) in [6.45, 7) is 2.81. The van der Waals surface area contributed by atoms with Crippen molar-refractivity contribution in [2.24, 2.45) is 11.3 Å². The number of alkyl halides is 5. The molecule has 6 nitrogen and oxygen atoms in total. The minimum Gasteiger partial charge on any atom is -0.434 e. The Morgan fingerprint density at radius 3 is 2.47 bits per heavy atom. The van der Waals surface area contributed by atoms with E-state index in [-0.39, 0.29) is 46.4 Å². The van der Waals surface area contributed by atoms with Crippen molar-refractivity contribution < 1.29 is 36.6 Å². The predicted molar refractivity (Wildman–Crippen MR) is 133 cm³/mol. The van der Waals surface area contributed by atoms with Crippen LogP contribution >= 0.6 is 11.6 Å². The lowest BCUT2D eigenvalue weighted by molar-refractivity contribution is -0.211. The van der Waals surface area contributed by atoms with E-state index in [4.69, 9.17) is 11.6 Å². The van der Waals surface area contributed by atoms with Gasteiger partial charge in [-0.1, -0.05) is 38.4 Å². The molecule has 3 rings (SSSR count). The third-order valence-electron chi connectivity index (χ3n) is 7.12. The molecule has 1 amide bonds. The average molecular weight is 566 g/mol. The first kappa shape index (κ1) is 30.1. The molecule has 212 valence electrons. The smallest absolute Gasteiger partial charge is 0.394 e. The Morgan fingerprint density at radius 2 is 1.92 bits per heavy atom. The minimum atomic E-state index is -4.51. The summed E-state index contributed by atoms with van der Waals surface area (Å²) in [6.07, 6.45) is -2.21. The Hall–Kier alpha value is -2.40. The van der Waals surface area contributed by atoms with Crippen molar-refractivity contribution in [2.45, 2.75) is 84.7 Å². The zero-order chi connectivity index (χ0) is 28.5. The molecule has 38 heavy (non-hydrogen) atoms. The highest BCUT2D eigenvalue weighted by Gasteiger charge is 2.47. The van der Waals surface area contributed by atoms with Crippen LogP contribution in [0.2, 0.25) is 5.02 Å². The number of carbonyl (C=O) groups excluding carboxylic acids is 1. The van der Waals surface area contributed by atoms with Gasteiger partial charge in [0.2, 0.25) is 0 Å².